The molecule has 5 rings (SSSR count). The van der Waals surface area contributed by atoms with Crippen molar-refractivity contribution in [2.24, 2.45) is 0 Å². The fraction of sp³-hybridized carbons (Fsp3) is 0.243. The zero-order valence-electron chi connectivity index (χ0n) is 24.6. The molecule has 5 aromatic rings. The predicted molar refractivity (Wildman–Crippen MR) is 173 cm³/mol. The van der Waals surface area contributed by atoms with Crippen molar-refractivity contribution in [2.75, 3.05) is 0 Å². The molecule has 2 heterocycles. The van der Waals surface area contributed by atoms with E-state index in [1.54, 1.807) is 0 Å². The fourth-order valence-corrected chi connectivity index (χ4v) is 5.69. The van der Waals surface area contributed by atoms with Gasteiger partial charge in [-0.05, 0) is 69.8 Å². The van der Waals surface area contributed by atoms with E-state index in [0.717, 1.165) is 22.5 Å². The second-order valence-electron chi connectivity index (χ2n) is 11.7. The Morgan fingerprint density at radius 3 is 1.35 bits per heavy atom. The first-order valence-corrected chi connectivity index (χ1v) is 14.5. The molecule has 0 aliphatic rings. The minimum absolute atomic E-state index is 0.0725. The van der Waals surface area contributed by atoms with Crippen LogP contribution in [0.3, 0.4) is 0 Å². The van der Waals surface area contributed by atoms with Gasteiger partial charge in [-0.25, -0.2) is 0 Å². The Balaban J connectivity index is 1.80. The second-order valence-corrected chi connectivity index (χ2v) is 11.7. The fourth-order valence-electron chi connectivity index (χ4n) is 5.69. The monoisotopic (exact) mass is 522 g/mol. The summed E-state index contributed by atoms with van der Waals surface area (Å²) in [5.74, 6) is 1.26. The molecule has 0 N–H and O–H groups in total. The standard InChI is InChI=1S/C37H39BN2/c1-25(2)30-23-33(26(3)4)37(34(24-30)27(5)6)38(31-15-11-13-28(21-31)35-17-7-9-19-39-35)32-16-12-14-29(22-32)36-18-8-10-20-40-36/h7-27H,1-6H3. The molecule has 2 nitrogen and oxygen atoms in total. The smallest absolute Gasteiger partial charge is 0.241 e. The van der Waals surface area contributed by atoms with Crippen LogP contribution in [0.15, 0.2) is 109 Å². The quantitative estimate of drug-likeness (QED) is 0.195. The number of hydrogen-bond acceptors (Lipinski definition) is 2. The Bertz CT molecular complexity index is 1460. The van der Waals surface area contributed by atoms with Crippen LogP contribution in [0.5, 0.6) is 0 Å². The van der Waals surface area contributed by atoms with Crippen LogP contribution >= 0.6 is 0 Å². The highest BCUT2D eigenvalue weighted by Crippen LogP contribution is 2.27. The van der Waals surface area contributed by atoms with Gasteiger partial charge in [0.15, 0.2) is 0 Å². The van der Waals surface area contributed by atoms with Crippen molar-refractivity contribution in [3.05, 3.63) is 126 Å². The maximum atomic E-state index is 4.66. The van der Waals surface area contributed by atoms with Crippen LogP contribution in [0.1, 0.15) is 76.0 Å². The van der Waals surface area contributed by atoms with Gasteiger partial charge < -0.3 is 0 Å². The lowest BCUT2D eigenvalue weighted by Crippen LogP contribution is -2.55. The topological polar surface area (TPSA) is 25.8 Å². The van der Waals surface area contributed by atoms with Crippen LogP contribution in [0.25, 0.3) is 22.5 Å². The van der Waals surface area contributed by atoms with Gasteiger partial charge in [0, 0.05) is 12.4 Å². The van der Waals surface area contributed by atoms with Gasteiger partial charge in [-0.1, -0.05) is 131 Å². The van der Waals surface area contributed by atoms with E-state index in [-0.39, 0.29) is 6.71 Å². The number of hydrogen-bond donors (Lipinski definition) is 0. The van der Waals surface area contributed by atoms with Crippen LogP contribution in [0.4, 0.5) is 0 Å². The largest absolute Gasteiger partial charge is 0.256 e. The lowest BCUT2D eigenvalue weighted by Gasteiger charge is -2.28. The third-order valence-corrected chi connectivity index (χ3v) is 7.83. The zero-order chi connectivity index (χ0) is 28.2. The molecule has 0 saturated carbocycles. The van der Waals surface area contributed by atoms with Gasteiger partial charge in [0.25, 0.3) is 0 Å². The van der Waals surface area contributed by atoms with E-state index in [1.807, 2.05) is 24.5 Å². The van der Waals surface area contributed by atoms with E-state index in [9.17, 15) is 0 Å². The highest BCUT2D eigenvalue weighted by Gasteiger charge is 2.30. The van der Waals surface area contributed by atoms with E-state index in [0.29, 0.717) is 17.8 Å². The van der Waals surface area contributed by atoms with Crippen LogP contribution in [-0.4, -0.2) is 16.7 Å². The number of pyridine rings is 2. The molecule has 0 aliphatic carbocycles. The highest BCUT2D eigenvalue weighted by molar-refractivity contribution is 6.96. The summed E-state index contributed by atoms with van der Waals surface area (Å²) in [7, 11) is 0. The summed E-state index contributed by atoms with van der Waals surface area (Å²) in [6, 6.07) is 35.1. The summed E-state index contributed by atoms with van der Waals surface area (Å²) in [5.41, 5.74) is 12.6. The molecular formula is C37H39BN2. The van der Waals surface area contributed by atoms with Gasteiger partial charge in [-0.2, -0.15) is 0 Å². The second kappa shape index (κ2) is 12.0. The van der Waals surface area contributed by atoms with Crippen molar-refractivity contribution in [1.29, 1.82) is 0 Å². The minimum Gasteiger partial charge on any atom is -0.256 e. The molecule has 40 heavy (non-hydrogen) atoms. The van der Waals surface area contributed by atoms with Crippen molar-refractivity contribution in [3.8, 4) is 22.5 Å². The Labute approximate surface area is 240 Å². The molecule has 0 saturated heterocycles. The summed E-state index contributed by atoms with van der Waals surface area (Å²) in [4.78, 5) is 9.33. The van der Waals surface area contributed by atoms with Gasteiger partial charge in [0.1, 0.15) is 0 Å². The molecule has 0 atom stereocenters. The predicted octanol–water partition coefficient (Wildman–Crippen LogP) is 7.70. The number of aromatic nitrogens is 2. The molecule has 200 valence electrons. The van der Waals surface area contributed by atoms with E-state index >= 15 is 0 Å². The van der Waals surface area contributed by atoms with Crippen molar-refractivity contribution in [3.63, 3.8) is 0 Å². The van der Waals surface area contributed by atoms with Crippen LogP contribution in [-0.2, 0) is 0 Å². The summed E-state index contributed by atoms with van der Waals surface area (Å²) in [6.45, 7) is 14.0. The highest BCUT2D eigenvalue weighted by atomic mass is 14.7. The first kappa shape index (κ1) is 27.6. The number of rotatable bonds is 8. The molecule has 3 heteroatoms. The molecule has 0 unspecified atom stereocenters. The Morgan fingerprint density at radius 2 is 0.975 bits per heavy atom. The van der Waals surface area contributed by atoms with Crippen molar-refractivity contribution < 1.29 is 0 Å². The van der Waals surface area contributed by atoms with Crippen LogP contribution in [0, 0.1) is 0 Å². The minimum atomic E-state index is 0.0725. The van der Waals surface area contributed by atoms with E-state index < -0.39 is 0 Å². The lowest BCUT2D eigenvalue weighted by atomic mass is 9.34. The summed E-state index contributed by atoms with van der Waals surface area (Å²) in [6.07, 6.45) is 3.74. The van der Waals surface area contributed by atoms with Gasteiger partial charge in [-0.3, -0.25) is 9.97 Å². The molecule has 3 aromatic carbocycles. The Hall–Kier alpha value is -3.98. The molecular weight excluding hydrogens is 483 g/mol. The van der Waals surface area contributed by atoms with Gasteiger partial charge >= 0.3 is 0 Å². The Morgan fingerprint density at radius 1 is 0.500 bits per heavy atom. The first-order chi connectivity index (χ1) is 19.3. The summed E-state index contributed by atoms with van der Waals surface area (Å²) >= 11 is 0. The van der Waals surface area contributed by atoms with E-state index in [1.165, 1.54) is 33.1 Å². The maximum absolute atomic E-state index is 4.66. The van der Waals surface area contributed by atoms with Crippen molar-refractivity contribution >= 4 is 23.1 Å². The molecule has 2 aromatic heterocycles. The lowest BCUT2D eigenvalue weighted by molar-refractivity contribution is 0.812. The van der Waals surface area contributed by atoms with Crippen LogP contribution < -0.4 is 16.4 Å². The van der Waals surface area contributed by atoms with E-state index in [4.69, 9.17) is 0 Å². The number of benzene rings is 3. The molecule has 0 spiro atoms. The molecule has 0 fully saturated rings. The third-order valence-electron chi connectivity index (χ3n) is 7.83. The summed E-state index contributed by atoms with van der Waals surface area (Å²) in [5, 5.41) is 0. The average molecular weight is 523 g/mol. The van der Waals surface area contributed by atoms with Gasteiger partial charge in [-0.15, -0.1) is 0 Å². The normalized spacial score (nSPS) is 11.4. The number of nitrogens with zero attached hydrogens (tertiary/aromatic N) is 2. The molecule has 0 aliphatic heterocycles. The molecule has 0 radical (unpaired) electrons. The SMILES string of the molecule is CC(C)c1cc(C(C)C)c(B(c2cccc(-c3ccccn3)c2)c2cccc(-c3ccccn3)c2)c(C(C)C)c1. The van der Waals surface area contributed by atoms with E-state index in [2.05, 4.69) is 136 Å². The molecule has 0 amide bonds. The third kappa shape index (κ3) is 5.79. The average Bonchev–Trinajstić information content (AvgIpc) is 2.98. The van der Waals surface area contributed by atoms with Gasteiger partial charge in [0.05, 0.1) is 11.4 Å². The Kier molecular flexibility index (Phi) is 8.31. The van der Waals surface area contributed by atoms with Crippen LogP contribution in [0.2, 0.25) is 0 Å². The van der Waals surface area contributed by atoms with Crippen molar-refractivity contribution in [1.82, 2.24) is 9.97 Å². The first-order valence-electron chi connectivity index (χ1n) is 14.5. The zero-order valence-corrected chi connectivity index (χ0v) is 24.6. The molecule has 0 bridgehead atoms. The maximum Gasteiger partial charge on any atom is 0.241 e. The van der Waals surface area contributed by atoms with Gasteiger partial charge in [0.2, 0.25) is 6.71 Å². The summed E-state index contributed by atoms with van der Waals surface area (Å²) < 4.78 is 0. The van der Waals surface area contributed by atoms with Crippen molar-refractivity contribution in [2.45, 2.75) is 59.3 Å².